The highest BCUT2D eigenvalue weighted by atomic mass is 79.9. The normalized spacial score (nSPS) is 27.3. The zero-order valence-corrected chi connectivity index (χ0v) is 27.4. The van der Waals surface area contributed by atoms with Crippen LogP contribution in [0.15, 0.2) is 98.1 Å². The molecule has 3 aliphatic rings. The number of benzene rings is 3. The van der Waals surface area contributed by atoms with Gasteiger partial charge in [0.25, 0.3) is 5.91 Å². The number of alkyl halides is 1. The monoisotopic (exact) mass is 688 g/mol. The second kappa shape index (κ2) is 13.1. The summed E-state index contributed by atoms with van der Waals surface area (Å²) < 4.78 is 4.78. The second-order valence-corrected chi connectivity index (χ2v) is 14.7. The van der Waals surface area contributed by atoms with Crippen molar-refractivity contribution in [2.24, 2.45) is 11.8 Å². The Kier molecular flexibility index (Phi) is 9.22. The first kappa shape index (κ1) is 31.6. The maximum Gasteiger partial charge on any atom is 0.310 e. The topological polar surface area (TPSA) is 87.2 Å². The van der Waals surface area contributed by atoms with Crippen molar-refractivity contribution in [3.8, 4) is 0 Å². The number of halogens is 1. The Bertz CT molecular complexity index is 1620. The lowest BCUT2D eigenvalue weighted by atomic mass is 9.71. The number of thioether (sulfide) groups is 1. The molecule has 3 aromatic carbocycles. The number of aliphatic hydroxyl groups is 1. The first-order valence-electron chi connectivity index (χ1n) is 15.3. The molecule has 234 valence electrons. The fourth-order valence-corrected chi connectivity index (χ4v) is 11.0. The summed E-state index contributed by atoms with van der Waals surface area (Å²) in [5, 5.41) is 12.6. The van der Waals surface area contributed by atoms with Crippen molar-refractivity contribution in [3.63, 3.8) is 0 Å². The number of ether oxygens (including phenoxy) is 1. The molecule has 0 aromatic heterocycles. The Labute approximate surface area is 276 Å². The molecule has 3 saturated heterocycles. The molecule has 3 aliphatic heterocycles. The molecule has 2 amide bonds. The molecule has 6 rings (SSSR count). The van der Waals surface area contributed by atoms with Gasteiger partial charge in [0.15, 0.2) is 0 Å². The van der Waals surface area contributed by atoms with E-state index in [1.807, 2.05) is 72.8 Å². The number of hydrogen-bond donors (Lipinski definition) is 1. The molecule has 2 bridgehead atoms. The minimum absolute atomic E-state index is 0.0889. The summed E-state index contributed by atoms with van der Waals surface area (Å²) in [4.78, 5) is 46.6. The number of esters is 1. The maximum absolute atomic E-state index is 15.1. The van der Waals surface area contributed by atoms with Crippen LogP contribution < -0.4 is 4.90 Å². The van der Waals surface area contributed by atoms with E-state index in [9.17, 15) is 14.7 Å². The predicted octanol–water partition coefficient (Wildman–Crippen LogP) is 5.55. The molecule has 7 atom stereocenters. The van der Waals surface area contributed by atoms with Crippen LogP contribution in [0.2, 0.25) is 0 Å². The Morgan fingerprint density at radius 2 is 1.82 bits per heavy atom. The second-order valence-electron chi connectivity index (χ2n) is 11.9. The minimum atomic E-state index is -0.914. The van der Waals surface area contributed by atoms with Crippen LogP contribution in [0.5, 0.6) is 0 Å². The average Bonchev–Trinajstić information content (AvgIpc) is 3.65. The van der Waals surface area contributed by atoms with Crippen LogP contribution in [0.1, 0.15) is 18.4 Å². The van der Waals surface area contributed by atoms with E-state index in [0.29, 0.717) is 24.9 Å². The number of hydrogen-bond acceptors (Lipinski definition) is 6. The summed E-state index contributed by atoms with van der Waals surface area (Å²) in [5.41, 5.74) is 1.64. The Morgan fingerprint density at radius 3 is 2.53 bits per heavy atom. The third-order valence-corrected chi connectivity index (χ3v) is 12.6. The highest BCUT2D eigenvalue weighted by Crippen LogP contribution is 2.68. The third kappa shape index (κ3) is 5.53. The molecule has 0 radical (unpaired) electrons. The number of carbonyl (C=O) groups excluding carboxylic acids is 3. The van der Waals surface area contributed by atoms with E-state index < -0.39 is 34.6 Å². The van der Waals surface area contributed by atoms with Gasteiger partial charge in [0.1, 0.15) is 6.04 Å². The van der Waals surface area contributed by atoms with Gasteiger partial charge in [-0.05, 0) is 47.7 Å². The van der Waals surface area contributed by atoms with Gasteiger partial charge in [-0.15, -0.1) is 24.9 Å². The average molecular weight is 690 g/mol. The molecule has 7 nitrogen and oxygen atoms in total. The Hall–Kier alpha value is -3.40. The van der Waals surface area contributed by atoms with Crippen molar-refractivity contribution in [1.82, 2.24) is 4.90 Å². The van der Waals surface area contributed by atoms with Gasteiger partial charge in [-0.1, -0.05) is 88.7 Å². The first-order valence-corrected chi connectivity index (χ1v) is 17.1. The fourth-order valence-electron chi connectivity index (χ4n) is 7.43. The molecule has 9 heteroatoms. The number of likely N-dealkylation sites (tertiary alicyclic amines) is 1. The number of nitrogens with zero attached hydrogens (tertiary/aromatic N) is 2. The highest BCUT2D eigenvalue weighted by Gasteiger charge is 2.76. The Balaban J connectivity index is 1.45. The van der Waals surface area contributed by atoms with E-state index in [0.717, 1.165) is 16.3 Å². The van der Waals surface area contributed by atoms with Crippen LogP contribution in [0.4, 0.5) is 5.69 Å². The lowest BCUT2D eigenvalue weighted by molar-refractivity contribution is -0.154. The largest absolute Gasteiger partial charge is 0.465 e. The Morgan fingerprint density at radius 1 is 1.09 bits per heavy atom. The van der Waals surface area contributed by atoms with Gasteiger partial charge in [0.05, 0.1) is 35.8 Å². The van der Waals surface area contributed by atoms with E-state index in [1.54, 1.807) is 33.7 Å². The predicted molar refractivity (Wildman–Crippen MR) is 182 cm³/mol. The van der Waals surface area contributed by atoms with Gasteiger partial charge < -0.3 is 19.6 Å². The molecule has 0 saturated carbocycles. The number of anilines is 1. The summed E-state index contributed by atoms with van der Waals surface area (Å²) in [6.45, 7) is 7.74. The van der Waals surface area contributed by atoms with Gasteiger partial charge in [0, 0.05) is 22.3 Å². The smallest absolute Gasteiger partial charge is 0.310 e. The minimum Gasteiger partial charge on any atom is -0.465 e. The van der Waals surface area contributed by atoms with Gasteiger partial charge in [-0.3, -0.25) is 14.4 Å². The molecular formula is C36H37BrN2O5S. The van der Waals surface area contributed by atoms with Crippen LogP contribution in [0, 0.1) is 11.8 Å². The molecular weight excluding hydrogens is 652 g/mol. The number of amides is 2. The molecule has 1 spiro atoms. The standard InChI is InChI=1S/C36H37BrN2O5S/c1-3-5-18-44-35(43)29-30-33(41)39(27(22-40)19-23-11-7-6-8-12-23)32(36(30)21-28(37)31(29)45-36)34(42)38(17-4-2)26-16-15-24-13-9-10-14-25(24)20-26/h3-4,6-16,20,27-32,40H,1-2,5,17-19,21-22H2/t27-,28?,29-,30+,31-,32?,36?/m1/s1. The van der Waals surface area contributed by atoms with E-state index in [4.69, 9.17) is 4.74 Å². The molecule has 3 aromatic rings. The van der Waals surface area contributed by atoms with Gasteiger partial charge >= 0.3 is 5.97 Å². The van der Waals surface area contributed by atoms with Crippen LogP contribution in [-0.2, 0) is 25.5 Å². The summed E-state index contributed by atoms with van der Waals surface area (Å²) >= 11 is 5.38. The van der Waals surface area contributed by atoms with Gasteiger partial charge in [0.2, 0.25) is 5.91 Å². The first-order chi connectivity index (χ1) is 21.8. The molecule has 45 heavy (non-hydrogen) atoms. The molecule has 1 N–H and O–H groups in total. The lowest BCUT2D eigenvalue weighted by Crippen LogP contribution is -2.58. The van der Waals surface area contributed by atoms with E-state index in [-0.39, 0.29) is 41.6 Å². The summed E-state index contributed by atoms with van der Waals surface area (Å²) in [5.74, 6) is -2.41. The lowest BCUT2D eigenvalue weighted by Gasteiger charge is -2.40. The van der Waals surface area contributed by atoms with Crippen molar-refractivity contribution < 1.29 is 24.2 Å². The van der Waals surface area contributed by atoms with Gasteiger partial charge in [-0.2, -0.15) is 0 Å². The summed E-state index contributed by atoms with van der Waals surface area (Å²) in [7, 11) is 0. The zero-order valence-electron chi connectivity index (χ0n) is 25.0. The van der Waals surface area contributed by atoms with Crippen LogP contribution in [0.25, 0.3) is 10.8 Å². The summed E-state index contributed by atoms with van der Waals surface area (Å²) in [6.07, 6.45) is 4.78. The third-order valence-electron chi connectivity index (χ3n) is 9.34. The molecule has 3 unspecified atom stereocenters. The fraction of sp³-hybridized carbons (Fsp3) is 0.361. The molecule has 3 fully saturated rings. The summed E-state index contributed by atoms with van der Waals surface area (Å²) in [6, 6.07) is 21.9. The van der Waals surface area contributed by atoms with E-state index >= 15 is 4.79 Å². The quantitative estimate of drug-likeness (QED) is 0.116. The van der Waals surface area contributed by atoms with E-state index in [2.05, 4.69) is 29.1 Å². The number of carbonyl (C=O) groups is 3. The van der Waals surface area contributed by atoms with Gasteiger partial charge in [-0.25, -0.2) is 0 Å². The van der Waals surface area contributed by atoms with Crippen LogP contribution in [-0.4, -0.2) is 74.5 Å². The van der Waals surface area contributed by atoms with Crippen LogP contribution in [0.3, 0.4) is 0 Å². The van der Waals surface area contributed by atoms with Crippen molar-refractivity contribution in [2.75, 3.05) is 24.7 Å². The van der Waals surface area contributed by atoms with Crippen molar-refractivity contribution in [1.29, 1.82) is 0 Å². The SMILES string of the molecule is C=CCCOC(=O)[C@H]1[C@@H]2SC3(CC2Br)C(C(=O)N(CC=C)c2ccc4ccccc4c2)N([C@@H](CO)Cc2ccccc2)C(=O)[C@H]13. The highest BCUT2D eigenvalue weighted by molar-refractivity contribution is 9.09. The van der Waals surface area contributed by atoms with Crippen molar-refractivity contribution in [3.05, 3.63) is 104 Å². The molecule has 0 aliphatic carbocycles. The van der Waals surface area contributed by atoms with E-state index in [1.165, 1.54) is 0 Å². The molecule has 3 heterocycles. The van der Waals surface area contributed by atoms with Crippen molar-refractivity contribution >= 4 is 61.9 Å². The number of aliphatic hydroxyl groups excluding tert-OH is 1. The maximum atomic E-state index is 15.1. The van der Waals surface area contributed by atoms with Crippen LogP contribution >= 0.6 is 27.7 Å². The zero-order chi connectivity index (χ0) is 31.7. The van der Waals surface area contributed by atoms with Crippen molar-refractivity contribution in [2.45, 2.75) is 46.2 Å². The number of fused-ring (bicyclic) bond motifs is 2. The number of rotatable bonds is 12.